The predicted octanol–water partition coefficient (Wildman–Crippen LogP) is 1.53. The average molecular weight is 259 g/mol. The van der Waals surface area contributed by atoms with E-state index in [4.69, 9.17) is 5.73 Å². The minimum Gasteiger partial charge on any atom is -0.355 e. The van der Waals surface area contributed by atoms with Crippen molar-refractivity contribution in [1.29, 1.82) is 0 Å². The molecule has 0 atom stereocenters. The standard InChI is InChI=1S/C14H21N5/c1-18-10-17-13-12(18)3-7-16-14(13)19-8-4-11(2-6-15)5-9-19/h3,7,10-11H,2,4-6,8-9,15H2,1H3. The minimum absolute atomic E-state index is 0.782. The van der Waals surface area contributed by atoms with Crippen LogP contribution in [-0.4, -0.2) is 34.2 Å². The number of fused-ring (bicyclic) bond motifs is 1. The number of aromatic nitrogens is 3. The van der Waals surface area contributed by atoms with Gasteiger partial charge >= 0.3 is 0 Å². The van der Waals surface area contributed by atoms with Crippen molar-refractivity contribution in [3.63, 3.8) is 0 Å². The molecule has 1 aliphatic heterocycles. The maximum atomic E-state index is 5.64. The van der Waals surface area contributed by atoms with E-state index in [0.29, 0.717) is 0 Å². The smallest absolute Gasteiger partial charge is 0.156 e. The highest BCUT2D eigenvalue weighted by Gasteiger charge is 2.21. The molecular formula is C14H21N5. The lowest BCUT2D eigenvalue weighted by Crippen LogP contribution is -2.35. The molecule has 5 nitrogen and oxygen atoms in total. The number of hydrogen-bond acceptors (Lipinski definition) is 4. The monoisotopic (exact) mass is 259 g/mol. The summed E-state index contributed by atoms with van der Waals surface area (Å²) in [7, 11) is 2.02. The Morgan fingerprint density at radius 1 is 1.32 bits per heavy atom. The Labute approximate surface area is 113 Å². The van der Waals surface area contributed by atoms with Gasteiger partial charge in [0.25, 0.3) is 0 Å². The quantitative estimate of drug-likeness (QED) is 0.908. The van der Waals surface area contributed by atoms with Crippen LogP contribution >= 0.6 is 0 Å². The fourth-order valence-electron chi connectivity index (χ4n) is 2.95. The number of anilines is 1. The van der Waals surface area contributed by atoms with Gasteiger partial charge < -0.3 is 15.2 Å². The summed E-state index contributed by atoms with van der Waals surface area (Å²) in [6, 6.07) is 2.02. The predicted molar refractivity (Wildman–Crippen MR) is 77.1 cm³/mol. The molecule has 2 aromatic rings. The first kappa shape index (κ1) is 12.4. The van der Waals surface area contributed by atoms with Crippen LogP contribution in [0.3, 0.4) is 0 Å². The maximum absolute atomic E-state index is 5.64. The molecule has 0 spiro atoms. The zero-order chi connectivity index (χ0) is 13.2. The van der Waals surface area contributed by atoms with Gasteiger partial charge in [-0.25, -0.2) is 9.97 Å². The lowest BCUT2D eigenvalue weighted by Gasteiger charge is -2.32. The topological polar surface area (TPSA) is 60.0 Å². The number of imidazole rings is 1. The lowest BCUT2D eigenvalue weighted by atomic mass is 9.93. The zero-order valence-electron chi connectivity index (χ0n) is 11.4. The molecule has 1 saturated heterocycles. The number of aryl methyl sites for hydroxylation is 1. The van der Waals surface area contributed by atoms with Crippen molar-refractivity contribution in [1.82, 2.24) is 14.5 Å². The molecule has 5 heteroatoms. The van der Waals surface area contributed by atoms with Gasteiger partial charge in [0.2, 0.25) is 0 Å². The van der Waals surface area contributed by atoms with Crippen molar-refractivity contribution in [3.05, 3.63) is 18.6 Å². The Hall–Kier alpha value is -1.62. The molecule has 0 aliphatic carbocycles. The molecule has 19 heavy (non-hydrogen) atoms. The molecule has 3 rings (SSSR count). The number of pyridine rings is 1. The van der Waals surface area contributed by atoms with Gasteiger partial charge in [-0.3, -0.25) is 0 Å². The molecule has 3 heterocycles. The highest BCUT2D eigenvalue weighted by Crippen LogP contribution is 2.27. The second kappa shape index (κ2) is 5.17. The van der Waals surface area contributed by atoms with Crippen molar-refractivity contribution in [3.8, 4) is 0 Å². The molecular weight excluding hydrogens is 238 g/mol. The van der Waals surface area contributed by atoms with Crippen molar-refractivity contribution in [2.45, 2.75) is 19.3 Å². The maximum Gasteiger partial charge on any atom is 0.156 e. The average Bonchev–Trinajstić information content (AvgIpc) is 2.82. The Balaban J connectivity index is 1.82. The van der Waals surface area contributed by atoms with Gasteiger partial charge in [0.05, 0.1) is 11.8 Å². The van der Waals surface area contributed by atoms with Crippen LogP contribution < -0.4 is 10.6 Å². The molecule has 102 valence electrons. The van der Waals surface area contributed by atoms with E-state index < -0.39 is 0 Å². The second-order valence-electron chi connectivity index (χ2n) is 5.37. The minimum atomic E-state index is 0.782. The van der Waals surface area contributed by atoms with Gasteiger partial charge in [-0.15, -0.1) is 0 Å². The van der Waals surface area contributed by atoms with Crippen LogP contribution in [0.2, 0.25) is 0 Å². The van der Waals surface area contributed by atoms with Crippen LogP contribution in [0.1, 0.15) is 19.3 Å². The number of hydrogen-bond donors (Lipinski definition) is 1. The van der Waals surface area contributed by atoms with E-state index in [-0.39, 0.29) is 0 Å². The molecule has 2 N–H and O–H groups in total. The first-order chi connectivity index (χ1) is 9.29. The Morgan fingerprint density at radius 3 is 2.84 bits per heavy atom. The van der Waals surface area contributed by atoms with Crippen LogP contribution in [0.4, 0.5) is 5.82 Å². The number of nitrogens with zero attached hydrogens (tertiary/aromatic N) is 4. The summed E-state index contributed by atoms with van der Waals surface area (Å²) in [5.74, 6) is 1.81. The van der Waals surface area contributed by atoms with Gasteiger partial charge in [0.1, 0.15) is 5.52 Å². The zero-order valence-corrected chi connectivity index (χ0v) is 11.4. The highest BCUT2D eigenvalue weighted by molar-refractivity contribution is 5.86. The largest absolute Gasteiger partial charge is 0.355 e. The third-order valence-corrected chi connectivity index (χ3v) is 4.11. The molecule has 0 bridgehead atoms. The summed E-state index contributed by atoms with van der Waals surface area (Å²) in [6.45, 7) is 2.93. The first-order valence-corrected chi connectivity index (χ1v) is 7.00. The lowest BCUT2D eigenvalue weighted by molar-refractivity contribution is 0.385. The van der Waals surface area contributed by atoms with Crippen LogP contribution in [0, 0.1) is 5.92 Å². The van der Waals surface area contributed by atoms with Crippen molar-refractivity contribution in [2.75, 3.05) is 24.5 Å². The van der Waals surface area contributed by atoms with Crippen LogP contribution in [0.25, 0.3) is 11.0 Å². The summed E-state index contributed by atoms with van der Waals surface area (Å²) in [4.78, 5) is 11.4. The molecule has 0 saturated carbocycles. The van der Waals surface area contributed by atoms with Crippen molar-refractivity contribution >= 4 is 16.9 Å². The fraction of sp³-hybridized carbons (Fsp3) is 0.571. The van der Waals surface area contributed by atoms with Gasteiger partial charge in [0, 0.05) is 26.3 Å². The van der Waals surface area contributed by atoms with E-state index in [9.17, 15) is 0 Å². The van der Waals surface area contributed by atoms with Crippen LogP contribution in [0.5, 0.6) is 0 Å². The second-order valence-corrected chi connectivity index (χ2v) is 5.37. The Kier molecular flexibility index (Phi) is 3.38. The van der Waals surface area contributed by atoms with E-state index in [1.807, 2.05) is 30.2 Å². The van der Waals surface area contributed by atoms with Gasteiger partial charge in [-0.1, -0.05) is 0 Å². The van der Waals surface area contributed by atoms with Gasteiger partial charge in [-0.2, -0.15) is 0 Å². The summed E-state index contributed by atoms with van der Waals surface area (Å²) < 4.78 is 2.04. The molecule has 1 fully saturated rings. The van der Waals surface area contributed by atoms with Crippen LogP contribution in [-0.2, 0) is 7.05 Å². The van der Waals surface area contributed by atoms with Crippen LogP contribution in [0.15, 0.2) is 18.6 Å². The third kappa shape index (κ3) is 2.30. The summed E-state index contributed by atoms with van der Waals surface area (Å²) in [6.07, 6.45) is 7.31. The first-order valence-electron chi connectivity index (χ1n) is 7.00. The molecule has 1 aliphatic rings. The van der Waals surface area contributed by atoms with Crippen molar-refractivity contribution < 1.29 is 0 Å². The number of nitrogens with two attached hydrogens (primary N) is 1. The Morgan fingerprint density at radius 2 is 2.11 bits per heavy atom. The normalized spacial score (nSPS) is 17.3. The summed E-state index contributed by atoms with van der Waals surface area (Å²) >= 11 is 0. The Bertz CT molecular complexity index is 554. The van der Waals surface area contributed by atoms with E-state index in [1.54, 1.807) is 0 Å². The molecule has 0 aromatic carbocycles. The summed E-state index contributed by atoms with van der Waals surface area (Å²) in [5, 5.41) is 0. The van der Waals surface area contributed by atoms with E-state index in [0.717, 1.165) is 48.8 Å². The third-order valence-electron chi connectivity index (χ3n) is 4.11. The van der Waals surface area contributed by atoms with E-state index in [1.165, 1.54) is 12.8 Å². The summed E-state index contributed by atoms with van der Waals surface area (Å²) in [5.41, 5.74) is 7.81. The molecule has 2 aromatic heterocycles. The van der Waals surface area contributed by atoms with Crippen molar-refractivity contribution in [2.24, 2.45) is 18.7 Å². The van der Waals surface area contributed by atoms with E-state index >= 15 is 0 Å². The highest BCUT2D eigenvalue weighted by atomic mass is 15.2. The van der Waals surface area contributed by atoms with Gasteiger partial charge in [0.15, 0.2) is 5.82 Å². The number of piperidine rings is 1. The fourth-order valence-corrected chi connectivity index (χ4v) is 2.95. The van der Waals surface area contributed by atoms with Gasteiger partial charge in [-0.05, 0) is 37.8 Å². The van der Waals surface area contributed by atoms with E-state index in [2.05, 4.69) is 14.9 Å². The molecule has 0 unspecified atom stereocenters. The molecule has 0 radical (unpaired) electrons. The number of rotatable bonds is 3. The molecule has 0 amide bonds. The SMILES string of the molecule is Cn1cnc2c(N3CCC(CCN)CC3)nccc21.